The second-order valence-electron chi connectivity index (χ2n) is 5.82. The van der Waals surface area contributed by atoms with Crippen LogP contribution in [0.1, 0.15) is 23.7 Å². The smallest absolute Gasteiger partial charge is 0.186 e. The van der Waals surface area contributed by atoms with Crippen LogP contribution in [0.2, 0.25) is 0 Å². The molecule has 25 heavy (non-hydrogen) atoms. The van der Waals surface area contributed by atoms with E-state index in [2.05, 4.69) is 75.9 Å². The summed E-state index contributed by atoms with van der Waals surface area (Å²) in [4.78, 5) is 0. The molecule has 3 rings (SSSR count). The Labute approximate surface area is 153 Å². The lowest BCUT2D eigenvalue weighted by atomic mass is 10.1. The molecule has 1 aromatic heterocycles. The number of aromatic nitrogens is 1. The average Bonchev–Trinajstić information content (AvgIpc) is 2.89. The number of fused-ring (bicyclic) bond motifs is 1. The van der Waals surface area contributed by atoms with Crippen LogP contribution in [-0.2, 0) is 6.54 Å². The van der Waals surface area contributed by atoms with E-state index in [0.717, 1.165) is 18.7 Å². The summed E-state index contributed by atoms with van der Waals surface area (Å²) in [6, 6.07) is 18.9. The zero-order chi connectivity index (χ0) is 17.6. The van der Waals surface area contributed by atoms with E-state index in [1.807, 2.05) is 19.2 Å². The third-order valence-electron chi connectivity index (χ3n) is 4.16. The first-order chi connectivity index (χ1) is 12.2. The van der Waals surface area contributed by atoms with Crippen molar-refractivity contribution in [3.05, 3.63) is 71.4 Å². The predicted octanol–water partition coefficient (Wildman–Crippen LogP) is 3.82. The Morgan fingerprint density at radius 2 is 1.84 bits per heavy atom. The molecule has 0 bridgehead atoms. The third kappa shape index (κ3) is 3.88. The zero-order valence-electron chi connectivity index (χ0n) is 14.5. The van der Waals surface area contributed by atoms with Gasteiger partial charge in [0.15, 0.2) is 5.11 Å². The van der Waals surface area contributed by atoms with Gasteiger partial charge < -0.3 is 9.88 Å². The van der Waals surface area contributed by atoms with Gasteiger partial charge in [0.25, 0.3) is 0 Å². The number of nitrogens with one attached hydrogen (secondary N) is 2. The standard InChI is InChI=1S/C20H22N4S/c1-3-21-20(25)23-22-13-18-15(2)24(14-16-9-5-4-6-10-16)19-12-8-7-11-17(18)19/h4-13H,3,14H2,1-2H3,(H2,21,23,25)/b22-13-. The Kier molecular flexibility index (Phi) is 5.46. The van der Waals surface area contributed by atoms with Crippen LogP contribution in [0.25, 0.3) is 10.9 Å². The first-order valence-electron chi connectivity index (χ1n) is 8.39. The molecule has 2 aromatic carbocycles. The number of hydrazone groups is 1. The Morgan fingerprint density at radius 3 is 2.60 bits per heavy atom. The number of thiocarbonyl (C=S) groups is 1. The molecule has 0 saturated carbocycles. The van der Waals surface area contributed by atoms with Gasteiger partial charge in [-0.3, -0.25) is 5.43 Å². The van der Waals surface area contributed by atoms with Gasteiger partial charge in [0, 0.05) is 35.2 Å². The van der Waals surface area contributed by atoms with Crippen LogP contribution >= 0.6 is 12.2 Å². The molecular formula is C20H22N4S. The maximum absolute atomic E-state index is 5.15. The molecule has 2 N–H and O–H groups in total. The zero-order valence-corrected chi connectivity index (χ0v) is 15.3. The third-order valence-corrected chi connectivity index (χ3v) is 4.40. The Balaban J connectivity index is 1.95. The van der Waals surface area contributed by atoms with Crippen molar-refractivity contribution in [3.63, 3.8) is 0 Å². The summed E-state index contributed by atoms with van der Waals surface area (Å²) >= 11 is 5.15. The lowest BCUT2D eigenvalue weighted by Crippen LogP contribution is -2.31. The molecule has 5 heteroatoms. The molecule has 0 atom stereocenters. The lowest BCUT2D eigenvalue weighted by Gasteiger charge is -2.08. The topological polar surface area (TPSA) is 41.4 Å². The van der Waals surface area contributed by atoms with E-state index in [1.165, 1.54) is 22.2 Å². The van der Waals surface area contributed by atoms with Crippen molar-refractivity contribution < 1.29 is 0 Å². The summed E-state index contributed by atoms with van der Waals surface area (Å²) < 4.78 is 2.33. The molecule has 128 valence electrons. The molecule has 0 radical (unpaired) electrons. The first-order valence-corrected chi connectivity index (χ1v) is 8.80. The van der Waals surface area contributed by atoms with Gasteiger partial charge in [-0.2, -0.15) is 5.10 Å². The molecule has 0 spiro atoms. The highest BCUT2D eigenvalue weighted by Gasteiger charge is 2.12. The van der Waals surface area contributed by atoms with Crippen LogP contribution in [0.5, 0.6) is 0 Å². The molecule has 0 amide bonds. The van der Waals surface area contributed by atoms with Crippen LogP contribution < -0.4 is 10.7 Å². The predicted molar refractivity (Wildman–Crippen MR) is 109 cm³/mol. The van der Waals surface area contributed by atoms with Crippen molar-refractivity contribution in [2.45, 2.75) is 20.4 Å². The number of rotatable bonds is 5. The van der Waals surface area contributed by atoms with Crippen molar-refractivity contribution in [2.75, 3.05) is 6.54 Å². The average molecular weight is 350 g/mol. The number of benzene rings is 2. The second-order valence-corrected chi connectivity index (χ2v) is 6.23. The van der Waals surface area contributed by atoms with E-state index in [-0.39, 0.29) is 0 Å². The highest BCUT2D eigenvalue weighted by molar-refractivity contribution is 7.80. The summed E-state index contributed by atoms with van der Waals surface area (Å²) in [5.41, 5.74) is 7.65. The van der Waals surface area contributed by atoms with Crippen molar-refractivity contribution >= 4 is 34.4 Å². The minimum absolute atomic E-state index is 0.532. The number of nitrogens with zero attached hydrogens (tertiary/aromatic N) is 2. The quantitative estimate of drug-likeness (QED) is 0.418. The maximum atomic E-state index is 5.15. The molecule has 0 aliphatic heterocycles. The van der Waals surface area contributed by atoms with Crippen molar-refractivity contribution in [1.82, 2.24) is 15.3 Å². The van der Waals surface area contributed by atoms with E-state index in [9.17, 15) is 0 Å². The summed E-state index contributed by atoms with van der Waals surface area (Å²) in [5, 5.41) is 9.04. The van der Waals surface area contributed by atoms with Crippen LogP contribution in [0.4, 0.5) is 0 Å². The van der Waals surface area contributed by atoms with E-state index in [4.69, 9.17) is 12.2 Å². The number of hydrogen-bond acceptors (Lipinski definition) is 2. The molecule has 4 nitrogen and oxygen atoms in total. The molecular weight excluding hydrogens is 328 g/mol. The number of para-hydroxylation sites is 1. The Hall–Kier alpha value is -2.66. The van der Waals surface area contributed by atoms with Gasteiger partial charge in [-0.15, -0.1) is 0 Å². The summed E-state index contributed by atoms with van der Waals surface area (Å²) in [7, 11) is 0. The van der Waals surface area contributed by atoms with Gasteiger partial charge in [0.2, 0.25) is 0 Å². The van der Waals surface area contributed by atoms with Crippen molar-refractivity contribution in [3.8, 4) is 0 Å². The van der Waals surface area contributed by atoms with E-state index >= 15 is 0 Å². The number of hydrogen-bond donors (Lipinski definition) is 2. The second kappa shape index (κ2) is 7.94. The Morgan fingerprint density at radius 1 is 1.12 bits per heavy atom. The summed E-state index contributed by atoms with van der Waals surface area (Å²) in [5.74, 6) is 0. The highest BCUT2D eigenvalue weighted by Crippen LogP contribution is 2.25. The van der Waals surface area contributed by atoms with Gasteiger partial charge in [-0.1, -0.05) is 48.5 Å². The minimum Gasteiger partial charge on any atom is -0.362 e. The maximum Gasteiger partial charge on any atom is 0.186 e. The van der Waals surface area contributed by atoms with Crippen LogP contribution in [-0.4, -0.2) is 22.4 Å². The fourth-order valence-corrected chi connectivity index (χ4v) is 3.14. The van der Waals surface area contributed by atoms with E-state index in [0.29, 0.717) is 5.11 Å². The van der Waals surface area contributed by atoms with Gasteiger partial charge in [-0.25, -0.2) is 0 Å². The Bertz CT molecular complexity index is 897. The molecule has 0 saturated heterocycles. The minimum atomic E-state index is 0.532. The molecule has 0 fully saturated rings. The molecule has 0 aliphatic carbocycles. The molecule has 0 aliphatic rings. The van der Waals surface area contributed by atoms with Gasteiger partial charge >= 0.3 is 0 Å². The van der Waals surface area contributed by atoms with Crippen LogP contribution in [0.3, 0.4) is 0 Å². The first kappa shape index (κ1) is 17.2. The molecule has 1 heterocycles. The van der Waals surface area contributed by atoms with E-state index in [1.54, 1.807) is 0 Å². The van der Waals surface area contributed by atoms with Gasteiger partial charge in [-0.05, 0) is 37.7 Å². The van der Waals surface area contributed by atoms with Crippen molar-refractivity contribution in [1.29, 1.82) is 0 Å². The van der Waals surface area contributed by atoms with Gasteiger partial charge in [0.05, 0.1) is 6.21 Å². The summed E-state index contributed by atoms with van der Waals surface area (Å²) in [6.07, 6.45) is 1.85. The van der Waals surface area contributed by atoms with Gasteiger partial charge in [0.1, 0.15) is 0 Å². The van der Waals surface area contributed by atoms with Crippen LogP contribution in [0, 0.1) is 6.92 Å². The lowest BCUT2D eigenvalue weighted by molar-refractivity contribution is 0.804. The van der Waals surface area contributed by atoms with E-state index < -0.39 is 0 Å². The highest BCUT2D eigenvalue weighted by atomic mass is 32.1. The van der Waals surface area contributed by atoms with Crippen LogP contribution in [0.15, 0.2) is 59.7 Å². The monoisotopic (exact) mass is 350 g/mol. The van der Waals surface area contributed by atoms with Crippen molar-refractivity contribution in [2.24, 2.45) is 5.10 Å². The molecule has 3 aromatic rings. The largest absolute Gasteiger partial charge is 0.362 e. The summed E-state index contributed by atoms with van der Waals surface area (Å²) in [6.45, 7) is 5.74. The normalized spacial score (nSPS) is 11.1. The SMILES string of the molecule is CCNC(=S)N/N=C\c1c(C)n(Cc2ccccc2)c2ccccc12. The fraction of sp³-hybridized carbons (Fsp3) is 0.200. The molecule has 0 unspecified atom stereocenters. The fourth-order valence-electron chi connectivity index (χ4n) is 2.95.